The van der Waals surface area contributed by atoms with Crippen molar-refractivity contribution in [3.05, 3.63) is 29.8 Å². The fourth-order valence-electron chi connectivity index (χ4n) is 1.65. The van der Waals surface area contributed by atoms with E-state index in [1.54, 1.807) is 7.11 Å². The molecule has 0 heterocycles. The maximum atomic E-state index is 11.4. The molecule has 1 rings (SSSR count). The Morgan fingerprint density at radius 2 is 2.07 bits per heavy atom. The van der Waals surface area contributed by atoms with E-state index in [-0.39, 0.29) is 17.0 Å². The summed E-state index contributed by atoms with van der Waals surface area (Å²) in [6.07, 6.45) is 0. The predicted molar refractivity (Wildman–Crippen MR) is 64.6 cm³/mol. The van der Waals surface area contributed by atoms with Crippen LogP contribution in [0.15, 0.2) is 24.3 Å². The third-order valence-electron chi connectivity index (χ3n) is 2.39. The van der Waals surface area contributed by atoms with Crippen LogP contribution in [0.25, 0.3) is 0 Å². The van der Waals surface area contributed by atoms with E-state index in [9.17, 15) is 4.79 Å². The molecule has 0 aromatic heterocycles. The Kier molecular flexibility index (Phi) is 4.21. The SMILES string of the molecule is COc1cccc(C(C(=O)S)C(C)C)c1. The maximum absolute atomic E-state index is 11.4. The van der Waals surface area contributed by atoms with Gasteiger partial charge in [0.15, 0.2) is 5.12 Å². The molecule has 0 aliphatic carbocycles. The lowest BCUT2D eigenvalue weighted by Crippen LogP contribution is -2.13. The molecule has 0 aliphatic rings. The van der Waals surface area contributed by atoms with Gasteiger partial charge in [-0.3, -0.25) is 4.79 Å². The third kappa shape index (κ3) is 2.99. The molecule has 0 saturated carbocycles. The van der Waals surface area contributed by atoms with Crippen LogP contribution in [0.3, 0.4) is 0 Å². The van der Waals surface area contributed by atoms with Crippen molar-refractivity contribution >= 4 is 17.7 Å². The van der Waals surface area contributed by atoms with Gasteiger partial charge in [0.2, 0.25) is 0 Å². The molecule has 0 spiro atoms. The van der Waals surface area contributed by atoms with Crippen LogP contribution in [0, 0.1) is 5.92 Å². The molecule has 2 nitrogen and oxygen atoms in total. The summed E-state index contributed by atoms with van der Waals surface area (Å²) < 4.78 is 5.13. The summed E-state index contributed by atoms with van der Waals surface area (Å²) in [5.41, 5.74) is 0.962. The Balaban J connectivity index is 3.05. The Labute approximate surface area is 96.1 Å². The summed E-state index contributed by atoms with van der Waals surface area (Å²) in [4.78, 5) is 11.4. The van der Waals surface area contributed by atoms with E-state index >= 15 is 0 Å². The molecule has 0 radical (unpaired) electrons. The Morgan fingerprint density at radius 1 is 1.40 bits per heavy atom. The Bertz CT molecular complexity index is 347. The van der Waals surface area contributed by atoms with Crippen LogP contribution in [0.4, 0.5) is 0 Å². The second kappa shape index (κ2) is 5.21. The molecular weight excluding hydrogens is 208 g/mol. The molecule has 0 amide bonds. The highest BCUT2D eigenvalue weighted by molar-refractivity contribution is 7.96. The molecule has 1 aromatic rings. The fourth-order valence-corrected chi connectivity index (χ4v) is 2.09. The normalized spacial score (nSPS) is 12.6. The zero-order valence-corrected chi connectivity index (χ0v) is 10.1. The zero-order valence-electron chi connectivity index (χ0n) is 9.23. The van der Waals surface area contributed by atoms with Gasteiger partial charge in [-0.1, -0.05) is 26.0 Å². The van der Waals surface area contributed by atoms with E-state index in [0.29, 0.717) is 0 Å². The fraction of sp³-hybridized carbons (Fsp3) is 0.417. The average Bonchev–Trinajstić information content (AvgIpc) is 2.17. The van der Waals surface area contributed by atoms with Gasteiger partial charge in [-0.25, -0.2) is 0 Å². The molecule has 3 heteroatoms. The van der Waals surface area contributed by atoms with E-state index in [1.165, 1.54) is 0 Å². The van der Waals surface area contributed by atoms with Gasteiger partial charge < -0.3 is 4.74 Å². The van der Waals surface area contributed by atoms with Gasteiger partial charge >= 0.3 is 0 Å². The van der Waals surface area contributed by atoms with Gasteiger partial charge in [-0.15, -0.1) is 12.6 Å². The van der Waals surface area contributed by atoms with Crippen LogP contribution in [0.2, 0.25) is 0 Å². The number of thiol groups is 1. The first-order chi connectivity index (χ1) is 7.06. The van der Waals surface area contributed by atoms with Crippen molar-refractivity contribution in [1.82, 2.24) is 0 Å². The number of ether oxygens (including phenoxy) is 1. The van der Waals surface area contributed by atoms with Crippen molar-refractivity contribution in [2.45, 2.75) is 19.8 Å². The van der Waals surface area contributed by atoms with Crippen LogP contribution in [-0.4, -0.2) is 12.2 Å². The smallest absolute Gasteiger partial charge is 0.193 e. The van der Waals surface area contributed by atoms with E-state index < -0.39 is 0 Å². The summed E-state index contributed by atoms with van der Waals surface area (Å²) in [5, 5.41) is -0.0988. The lowest BCUT2D eigenvalue weighted by molar-refractivity contribution is -0.112. The molecule has 0 aliphatic heterocycles. The van der Waals surface area contributed by atoms with E-state index in [1.807, 2.05) is 38.1 Å². The number of hydrogen-bond acceptors (Lipinski definition) is 2. The number of rotatable bonds is 4. The van der Waals surface area contributed by atoms with Gasteiger partial charge in [0.1, 0.15) is 5.75 Å². The van der Waals surface area contributed by atoms with Crippen LogP contribution in [-0.2, 0) is 4.79 Å². The van der Waals surface area contributed by atoms with Crippen LogP contribution in [0.5, 0.6) is 5.75 Å². The van der Waals surface area contributed by atoms with Crippen molar-refractivity contribution in [2.75, 3.05) is 7.11 Å². The summed E-state index contributed by atoms with van der Waals surface area (Å²) >= 11 is 3.93. The molecule has 0 N–H and O–H groups in total. The minimum Gasteiger partial charge on any atom is -0.497 e. The quantitative estimate of drug-likeness (QED) is 0.796. The molecule has 0 bridgehead atoms. The molecule has 15 heavy (non-hydrogen) atoms. The van der Waals surface area contributed by atoms with Gasteiger partial charge in [-0.2, -0.15) is 0 Å². The van der Waals surface area contributed by atoms with Gasteiger partial charge in [0, 0.05) is 0 Å². The molecular formula is C12H16O2S. The van der Waals surface area contributed by atoms with Gasteiger partial charge in [0.05, 0.1) is 13.0 Å². The topological polar surface area (TPSA) is 26.3 Å². The zero-order chi connectivity index (χ0) is 11.4. The summed E-state index contributed by atoms with van der Waals surface area (Å²) in [6, 6.07) is 7.57. The molecule has 1 atom stereocenters. The van der Waals surface area contributed by atoms with Crippen LogP contribution in [0.1, 0.15) is 25.3 Å². The van der Waals surface area contributed by atoms with E-state index in [4.69, 9.17) is 4.74 Å². The summed E-state index contributed by atoms with van der Waals surface area (Å²) in [5.74, 6) is 0.846. The molecule has 1 aromatic carbocycles. The monoisotopic (exact) mass is 224 g/mol. The molecule has 1 unspecified atom stereocenters. The minimum absolute atomic E-state index is 0.0988. The number of benzene rings is 1. The van der Waals surface area contributed by atoms with Crippen LogP contribution >= 0.6 is 12.6 Å². The number of carbonyl (C=O) groups is 1. The Hall–Kier alpha value is -0.960. The largest absolute Gasteiger partial charge is 0.497 e. The van der Waals surface area contributed by atoms with Crippen molar-refractivity contribution in [1.29, 1.82) is 0 Å². The second-order valence-electron chi connectivity index (χ2n) is 3.84. The van der Waals surface area contributed by atoms with E-state index in [0.717, 1.165) is 11.3 Å². The van der Waals surface area contributed by atoms with Gasteiger partial charge in [0.25, 0.3) is 0 Å². The number of hydrogen-bond donors (Lipinski definition) is 1. The first-order valence-electron chi connectivity index (χ1n) is 4.93. The van der Waals surface area contributed by atoms with E-state index in [2.05, 4.69) is 12.6 Å². The third-order valence-corrected chi connectivity index (χ3v) is 2.66. The molecule has 0 saturated heterocycles. The van der Waals surface area contributed by atoms with Crippen LogP contribution < -0.4 is 4.74 Å². The number of carbonyl (C=O) groups excluding carboxylic acids is 1. The lowest BCUT2D eigenvalue weighted by atomic mass is 9.89. The summed E-state index contributed by atoms with van der Waals surface area (Å²) in [7, 11) is 1.62. The minimum atomic E-state index is -0.163. The van der Waals surface area contributed by atoms with Crippen molar-refractivity contribution < 1.29 is 9.53 Å². The van der Waals surface area contributed by atoms with Crippen molar-refractivity contribution in [2.24, 2.45) is 5.92 Å². The second-order valence-corrected chi connectivity index (χ2v) is 4.28. The first-order valence-corrected chi connectivity index (χ1v) is 5.37. The highest BCUT2D eigenvalue weighted by atomic mass is 32.1. The maximum Gasteiger partial charge on any atom is 0.193 e. The highest BCUT2D eigenvalue weighted by Crippen LogP contribution is 2.28. The Morgan fingerprint density at radius 3 is 2.53 bits per heavy atom. The van der Waals surface area contributed by atoms with Crippen molar-refractivity contribution in [3.8, 4) is 5.75 Å². The number of methoxy groups -OCH3 is 1. The first kappa shape index (κ1) is 12.1. The predicted octanol–water partition coefficient (Wildman–Crippen LogP) is 2.89. The van der Waals surface area contributed by atoms with Gasteiger partial charge in [-0.05, 0) is 23.6 Å². The standard InChI is InChI=1S/C12H16O2S/c1-8(2)11(12(13)15)9-5-4-6-10(7-9)14-3/h4-8,11H,1-3H3,(H,13,15). The highest BCUT2D eigenvalue weighted by Gasteiger charge is 2.21. The summed E-state index contributed by atoms with van der Waals surface area (Å²) in [6.45, 7) is 4.02. The molecule has 82 valence electrons. The molecule has 0 fully saturated rings. The average molecular weight is 224 g/mol. The lowest BCUT2D eigenvalue weighted by Gasteiger charge is -2.18. The van der Waals surface area contributed by atoms with Crippen molar-refractivity contribution in [3.63, 3.8) is 0 Å².